The van der Waals surface area contributed by atoms with Gasteiger partial charge in [0.15, 0.2) is 12.6 Å². The summed E-state index contributed by atoms with van der Waals surface area (Å²) in [4.78, 5) is 18.7. The van der Waals surface area contributed by atoms with Gasteiger partial charge >= 0.3 is 5.97 Å². The van der Waals surface area contributed by atoms with Crippen molar-refractivity contribution in [1.29, 1.82) is 0 Å². The van der Waals surface area contributed by atoms with Crippen LogP contribution in [0.25, 0.3) is 0 Å². The normalized spacial score (nSPS) is 38.5. The molecular weight excluding hydrogens is 946 g/mol. The highest BCUT2D eigenvalue weighted by atomic mass is 19.1. The topological polar surface area (TPSA) is 209 Å². The fraction of sp³-hybridized carbons (Fsp3) is 0.796. The fourth-order valence-corrected chi connectivity index (χ4v) is 11.4. The van der Waals surface area contributed by atoms with E-state index >= 15 is 0 Å². The third-order valence-electron chi connectivity index (χ3n) is 16.0. The maximum atomic E-state index is 14.8. The van der Waals surface area contributed by atoms with E-state index in [1.807, 2.05) is 71.0 Å². The number of alkyl halides is 1. The summed E-state index contributed by atoms with van der Waals surface area (Å²) in [5, 5.41) is 56.3. The highest BCUT2D eigenvalue weighted by Gasteiger charge is 2.52. The molecule has 5 rings (SSSR count). The number of ether oxygens (including phenoxy) is 8. The summed E-state index contributed by atoms with van der Waals surface area (Å²) >= 11 is 0. The number of nitrogens with zero attached hydrogens (tertiary/aromatic N) is 5. The van der Waals surface area contributed by atoms with Crippen molar-refractivity contribution in [2.45, 2.75) is 204 Å². The van der Waals surface area contributed by atoms with E-state index in [0.717, 1.165) is 5.56 Å². The van der Waals surface area contributed by atoms with Gasteiger partial charge in [-0.1, -0.05) is 50.8 Å². The zero-order valence-corrected chi connectivity index (χ0v) is 46.1. The number of halogens is 1. The molecule has 2 aromatic rings. The molecule has 4 N–H and O–H groups in total. The molecule has 0 unspecified atom stereocenters. The minimum atomic E-state index is -1.82. The number of carbonyl (C=O) groups is 1. The Hall–Kier alpha value is -3.18. The molecule has 3 fully saturated rings. The molecule has 0 radical (unpaired) electrons. The van der Waals surface area contributed by atoms with Crippen LogP contribution in [0.3, 0.4) is 0 Å². The van der Waals surface area contributed by atoms with Crippen molar-refractivity contribution in [2.24, 2.45) is 17.8 Å². The molecule has 1 aromatic heterocycles. The summed E-state index contributed by atoms with van der Waals surface area (Å²) in [6.45, 7) is 22.3. The maximum Gasteiger partial charge on any atom is 0.311 e. The van der Waals surface area contributed by atoms with Gasteiger partial charge in [0.1, 0.15) is 55.1 Å². The number of aliphatic hydroxyl groups excluding tert-OH is 2. The predicted octanol–water partition coefficient (Wildman–Crippen LogP) is 5.60. The summed E-state index contributed by atoms with van der Waals surface area (Å²) < 4.78 is 66.4. The lowest BCUT2D eigenvalue weighted by Crippen LogP contribution is -2.59. The van der Waals surface area contributed by atoms with Crippen LogP contribution in [0.4, 0.5) is 4.39 Å². The van der Waals surface area contributed by atoms with E-state index in [4.69, 9.17) is 37.9 Å². The molecule has 73 heavy (non-hydrogen) atoms. The second-order valence-electron chi connectivity index (χ2n) is 22.1. The van der Waals surface area contributed by atoms with Gasteiger partial charge in [-0.25, -0.2) is 9.07 Å². The number of aliphatic hydroxyl groups is 4. The quantitative estimate of drug-likeness (QED) is 0.106. The summed E-state index contributed by atoms with van der Waals surface area (Å²) in [5.74, 6) is -1.90. The van der Waals surface area contributed by atoms with E-state index in [-0.39, 0.29) is 37.3 Å². The maximum absolute atomic E-state index is 14.8. The van der Waals surface area contributed by atoms with E-state index in [1.165, 1.54) is 18.7 Å². The highest BCUT2D eigenvalue weighted by molar-refractivity contribution is 5.73. The number of esters is 1. The standard InChI is InChI=1S/C54H90FN5O13/c1-16-24-68-41-20-18-38(19-21-41)47(66-14)42(29-55)60-31-39(56-57-60)22-23-58(12)40-25-33(4)69-44(26-40)73-50-34(5)46(72-45-28-53(10,67-15)49(62)37(8)70-45)35(6)51(63)71-43(17-2)54(11,65)48(61)36(7)59(13)30-32(3)27-52(50,9)64/h16,18-21,31-37,40,42-50,61-62,64-65H,1,17,22-30H2,2-15H3/t32-,33-,34+,35-,36-,37+,40+,42-,43-,44+,45+,46+,47-,48-,49+,50-,52-,53-,54-/m1/s1. The van der Waals surface area contributed by atoms with E-state index < -0.39 is 109 Å². The van der Waals surface area contributed by atoms with Crippen LogP contribution in [0, 0.1) is 17.8 Å². The second kappa shape index (κ2) is 26.2. The molecule has 4 heterocycles. The highest BCUT2D eigenvalue weighted by Crippen LogP contribution is 2.40. The Labute approximate surface area is 433 Å². The number of aromatic nitrogens is 3. The van der Waals surface area contributed by atoms with Crippen molar-refractivity contribution in [1.82, 2.24) is 24.8 Å². The SMILES string of the molecule is C=CCOc1ccc([C@@H](OC)[C@@H](CF)n2cc(CCN(C)[C@@H]3C[C@H](O[C@@H]4[C@@H](C)[C@H](O[C@H]5C[C@@](C)(OC)[C@@H](O)[C@H](C)O5)[C@@H](C)C(=O)O[C@H](CC)[C@@](C)(O)[C@H](O)[C@@H](C)N(C)C[C@H](C)C[C@@]4(C)O)O[C@H](C)C3)nn2)cc1. The molecular formula is C54H90FN5O13. The van der Waals surface area contributed by atoms with Crippen molar-refractivity contribution in [3.05, 3.63) is 54.4 Å². The number of methoxy groups -OCH3 is 2. The Bertz CT molecular complexity index is 2010. The van der Waals surface area contributed by atoms with Crippen LogP contribution in [0.15, 0.2) is 43.1 Å². The Morgan fingerprint density at radius 3 is 2.29 bits per heavy atom. The molecule has 3 aliphatic rings. The van der Waals surface area contributed by atoms with Gasteiger partial charge in [-0.3, -0.25) is 4.79 Å². The Morgan fingerprint density at radius 2 is 1.67 bits per heavy atom. The monoisotopic (exact) mass is 1040 g/mol. The van der Waals surface area contributed by atoms with Gasteiger partial charge in [-0.05, 0) is 105 Å². The number of rotatable bonds is 18. The molecule has 0 amide bonds. The Kier molecular flexibility index (Phi) is 21.8. The first-order chi connectivity index (χ1) is 34.3. The van der Waals surface area contributed by atoms with E-state index in [2.05, 4.69) is 21.8 Å². The summed E-state index contributed by atoms with van der Waals surface area (Å²) in [7, 11) is 6.95. The number of likely N-dealkylation sites (N-methyl/N-ethyl adjacent to an activating group) is 2. The smallest absolute Gasteiger partial charge is 0.311 e. The van der Waals surface area contributed by atoms with Gasteiger partial charge in [0.25, 0.3) is 0 Å². The van der Waals surface area contributed by atoms with Crippen LogP contribution in [0.1, 0.15) is 125 Å². The average Bonchev–Trinajstić information content (AvgIpc) is 3.82. The first-order valence-electron chi connectivity index (χ1n) is 26.3. The average molecular weight is 1040 g/mol. The number of carbonyl (C=O) groups excluding carboxylic acids is 1. The van der Waals surface area contributed by atoms with Crippen LogP contribution in [0.5, 0.6) is 5.75 Å². The molecule has 19 atom stereocenters. The lowest BCUT2D eigenvalue weighted by molar-refractivity contribution is -0.308. The van der Waals surface area contributed by atoms with Crippen molar-refractivity contribution < 1.29 is 67.5 Å². The van der Waals surface area contributed by atoms with Gasteiger partial charge in [0.05, 0.1) is 47.2 Å². The van der Waals surface area contributed by atoms with Crippen LogP contribution < -0.4 is 4.74 Å². The molecule has 0 aliphatic carbocycles. The molecule has 0 spiro atoms. The van der Waals surface area contributed by atoms with Crippen LogP contribution in [-0.4, -0.2) is 190 Å². The third kappa shape index (κ3) is 14.9. The molecule has 0 bridgehead atoms. The minimum Gasteiger partial charge on any atom is -0.490 e. The Morgan fingerprint density at radius 1 is 0.986 bits per heavy atom. The van der Waals surface area contributed by atoms with Gasteiger partial charge < -0.3 is 68.1 Å². The zero-order chi connectivity index (χ0) is 54.2. The summed E-state index contributed by atoms with van der Waals surface area (Å²) in [5.41, 5.74) is -2.94. The van der Waals surface area contributed by atoms with Crippen LogP contribution in [0.2, 0.25) is 0 Å². The number of cyclic esters (lactones) is 1. The van der Waals surface area contributed by atoms with Crippen LogP contribution >= 0.6 is 0 Å². The van der Waals surface area contributed by atoms with Gasteiger partial charge in [0, 0.05) is 70.8 Å². The van der Waals surface area contributed by atoms with Gasteiger partial charge in [-0.2, -0.15) is 0 Å². The van der Waals surface area contributed by atoms with E-state index in [0.29, 0.717) is 50.4 Å². The molecule has 0 saturated carbocycles. The largest absolute Gasteiger partial charge is 0.490 e. The third-order valence-corrected chi connectivity index (χ3v) is 16.0. The molecule has 1 aromatic carbocycles. The number of hydrogen-bond donors (Lipinski definition) is 4. The van der Waals surface area contributed by atoms with Crippen molar-refractivity contribution in [2.75, 3.05) is 54.7 Å². The first kappa shape index (κ1) is 60.7. The lowest BCUT2D eigenvalue weighted by Gasteiger charge is -2.48. The van der Waals surface area contributed by atoms with Crippen molar-refractivity contribution in [3.8, 4) is 5.75 Å². The van der Waals surface area contributed by atoms with Gasteiger partial charge in [0.2, 0.25) is 0 Å². The summed E-state index contributed by atoms with van der Waals surface area (Å²) in [6.07, 6.45) is -2.94. The Balaban J connectivity index is 1.41. The summed E-state index contributed by atoms with van der Waals surface area (Å²) in [6, 6.07) is 6.00. The number of hydrogen-bond acceptors (Lipinski definition) is 17. The van der Waals surface area contributed by atoms with Crippen molar-refractivity contribution in [3.63, 3.8) is 0 Å². The minimum absolute atomic E-state index is 0.0170. The molecule has 19 heteroatoms. The predicted molar refractivity (Wildman–Crippen MR) is 272 cm³/mol. The molecule has 3 aliphatic heterocycles. The van der Waals surface area contributed by atoms with Crippen molar-refractivity contribution >= 4 is 5.97 Å². The van der Waals surface area contributed by atoms with E-state index in [1.54, 1.807) is 54.0 Å². The lowest BCUT2D eigenvalue weighted by atomic mass is 9.77. The molecule has 416 valence electrons. The first-order valence-corrected chi connectivity index (χ1v) is 26.3. The molecule has 18 nitrogen and oxygen atoms in total. The second-order valence-corrected chi connectivity index (χ2v) is 22.1. The number of benzene rings is 1. The van der Waals surface area contributed by atoms with E-state index in [9.17, 15) is 29.6 Å². The van der Waals surface area contributed by atoms with Crippen LogP contribution in [-0.2, 0) is 44.4 Å². The fourth-order valence-electron chi connectivity index (χ4n) is 11.4. The zero-order valence-electron chi connectivity index (χ0n) is 46.1. The molecule has 3 saturated heterocycles. The van der Waals surface area contributed by atoms with Gasteiger partial charge in [-0.15, -0.1) is 5.10 Å².